The van der Waals surface area contributed by atoms with Crippen LogP contribution in [0, 0.1) is 17.6 Å². The standard InChI is InChI=1S/C18H17F2N3O2/c19-13-1-4-15(5-2-13)22-17(24)12-7-9-23(10-8-12)18(25)16-6-3-14(20)11-21-16/h1-6,11-12H,7-10H2,(H,22,24). The van der Waals surface area contributed by atoms with Gasteiger partial charge in [-0.2, -0.15) is 0 Å². The molecule has 1 aliphatic heterocycles. The highest BCUT2D eigenvalue weighted by Gasteiger charge is 2.28. The molecule has 0 spiro atoms. The fourth-order valence-electron chi connectivity index (χ4n) is 2.79. The molecule has 1 aromatic heterocycles. The van der Waals surface area contributed by atoms with Crippen molar-refractivity contribution < 1.29 is 18.4 Å². The predicted octanol–water partition coefficient (Wildman–Crippen LogP) is 2.85. The van der Waals surface area contributed by atoms with Crippen LogP contribution in [0.4, 0.5) is 14.5 Å². The monoisotopic (exact) mass is 345 g/mol. The number of carbonyl (C=O) groups is 2. The summed E-state index contributed by atoms with van der Waals surface area (Å²) < 4.78 is 25.8. The number of hydrogen-bond acceptors (Lipinski definition) is 3. The zero-order chi connectivity index (χ0) is 17.8. The lowest BCUT2D eigenvalue weighted by Gasteiger charge is -2.31. The number of pyridine rings is 1. The average Bonchev–Trinajstić information content (AvgIpc) is 2.64. The fraction of sp³-hybridized carbons (Fsp3) is 0.278. The minimum Gasteiger partial charge on any atom is -0.337 e. The lowest BCUT2D eigenvalue weighted by atomic mass is 9.95. The summed E-state index contributed by atoms with van der Waals surface area (Å²) in [7, 11) is 0. The number of anilines is 1. The van der Waals surface area contributed by atoms with Crippen LogP contribution >= 0.6 is 0 Å². The first-order chi connectivity index (χ1) is 12.0. The summed E-state index contributed by atoms with van der Waals surface area (Å²) in [6, 6.07) is 8.13. The van der Waals surface area contributed by atoms with Crippen molar-refractivity contribution in [3.63, 3.8) is 0 Å². The summed E-state index contributed by atoms with van der Waals surface area (Å²) in [4.78, 5) is 30.0. The lowest BCUT2D eigenvalue weighted by Crippen LogP contribution is -2.41. The van der Waals surface area contributed by atoms with Crippen LogP contribution in [0.1, 0.15) is 23.3 Å². The Morgan fingerprint density at radius 1 is 1.00 bits per heavy atom. The van der Waals surface area contributed by atoms with E-state index in [0.29, 0.717) is 31.6 Å². The van der Waals surface area contributed by atoms with Crippen LogP contribution in [-0.2, 0) is 4.79 Å². The first-order valence-electron chi connectivity index (χ1n) is 8.00. The largest absolute Gasteiger partial charge is 0.337 e. The van der Waals surface area contributed by atoms with Crippen molar-refractivity contribution in [3.8, 4) is 0 Å². The van der Waals surface area contributed by atoms with E-state index in [2.05, 4.69) is 10.3 Å². The molecule has 2 amide bonds. The third-order valence-corrected chi connectivity index (χ3v) is 4.21. The molecule has 1 fully saturated rings. The van der Waals surface area contributed by atoms with Crippen molar-refractivity contribution >= 4 is 17.5 Å². The molecular weight excluding hydrogens is 328 g/mol. The van der Waals surface area contributed by atoms with Gasteiger partial charge in [0.05, 0.1) is 6.20 Å². The molecule has 130 valence electrons. The maximum absolute atomic E-state index is 12.9. The number of aromatic nitrogens is 1. The highest BCUT2D eigenvalue weighted by molar-refractivity contribution is 5.94. The van der Waals surface area contributed by atoms with Gasteiger partial charge in [-0.05, 0) is 49.2 Å². The number of nitrogens with one attached hydrogen (secondary N) is 1. The quantitative estimate of drug-likeness (QED) is 0.930. The molecule has 25 heavy (non-hydrogen) atoms. The van der Waals surface area contributed by atoms with Crippen molar-refractivity contribution in [1.29, 1.82) is 0 Å². The Morgan fingerprint density at radius 3 is 2.24 bits per heavy atom. The molecule has 1 aromatic carbocycles. The number of hydrogen-bond donors (Lipinski definition) is 1. The maximum Gasteiger partial charge on any atom is 0.272 e. The third kappa shape index (κ3) is 4.17. The Morgan fingerprint density at radius 2 is 1.64 bits per heavy atom. The molecule has 1 saturated heterocycles. The maximum atomic E-state index is 12.9. The summed E-state index contributed by atoms with van der Waals surface area (Å²) in [6.07, 6.45) is 2.07. The number of halogens is 2. The van der Waals surface area contributed by atoms with Gasteiger partial charge >= 0.3 is 0 Å². The van der Waals surface area contributed by atoms with Crippen LogP contribution in [0.3, 0.4) is 0 Å². The Bertz CT molecular complexity index is 755. The molecule has 0 bridgehead atoms. The highest BCUT2D eigenvalue weighted by Crippen LogP contribution is 2.21. The number of rotatable bonds is 3. The van der Waals surface area contributed by atoms with Crippen LogP contribution < -0.4 is 5.32 Å². The van der Waals surface area contributed by atoms with Gasteiger partial charge in [0, 0.05) is 24.7 Å². The lowest BCUT2D eigenvalue weighted by molar-refractivity contribution is -0.121. The Labute approximate surface area is 143 Å². The second-order valence-electron chi connectivity index (χ2n) is 5.92. The van der Waals surface area contributed by atoms with Gasteiger partial charge in [0.2, 0.25) is 5.91 Å². The molecule has 0 radical (unpaired) electrons. The van der Waals surface area contributed by atoms with Gasteiger partial charge in [-0.25, -0.2) is 13.8 Å². The molecule has 2 heterocycles. The second-order valence-corrected chi connectivity index (χ2v) is 5.92. The molecule has 3 rings (SSSR count). The Hall–Kier alpha value is -2.83. The van der Waals surface area contributed by atoms with Crippen LogP contribution in [0.25, 0.3) is 0 Å². The molecule has 0 saturated carbocycles. The predicted molar refractivity (Wildman–Crippen MR) is 87.9 cm³/mol. The molecule has 7 heteroatoms. The summed E-state index contributed by atoms with van der Waals surface area (Å²) in [6.45, 7) is 0.860. The van der Waals surface area contributed by atoms with E-state index in [1.165, 1.54) is 36.4 Å². The van der Waals surface area contributed by atoms with Gasteiger partial charge in [0.1, 0.15) is 17.3 Å². The van der Waals surface area contributed by atoms with E-state index >= 15 is 0 Å². The number of piperidine rings is 1. The van der Waals surface area contributed by atoms with E-state index in [-0.39, 0.29) is 29.2 Å². The van der Waals surface area contributed by atoms with E-state index in [4.69, 9.17) is 0 Å². The zero-order valence-corrected chi connectivity index (χ0v) is 13.4. The highest BCUT2D eigenvalue weighted by atomic mass is 19.1. The molecule has 5 nitrogen and oxygen atoms in total. The van der Waals surface area contributed by atoms with Crippen molar-refractivity contribution in [2.75, 3.05) is 18.4 Å². The summed E-state index contributed by atoms with van der Waals surface area (Å²) >= 11 is 0. The second kappa shape index (κ2) is 7.38. The van der Waals surface area contributed by atoms with E-state index < -0.39 is 5.82 Å². The van der Waals surface area contributed by atoms with Crippen LogP contribution in [0.5, 0.6) is 0 Å². The smallest absolute Gasteiger partial charge is 0.272 e. The van der Waals surface area contributed by atoms with E-state index in [1.807, 2.05) is 0 Å². The first kappa shape index (κ1) is 17.0. The Balaban J connectivity index is 1.54. The minimum absolute atomic E-state index is 0.140. The molecule has 1 aliphatic rings. The number of nitrogens with zero attached hydrogens (tertiary/aromatic N) is 2. The molecule has 0 aliphatic carbocycles. The first-order valence-corrected chi connectivity index (χ1v) is 8.00. The molecule has 0 atom stereocenters. The van der Waals surface area contributed by atoms with Crippen LogP contribution in [0.15, 0.2) is 42.6 Å². The van der Waals surface area contributed by atoms with Crippen molar-refractivity contribution in [1.82, 2.24) is 9.88 Å². The topological polar surface area (TPSA) is 62.3 Å². The van der Waals surface area contributed by atoms with Gasteiger partial charge < -0.3 is 10.2 Å². The van der Waals surface area contributed by atoms with Gasteiger partial charge in [-0.1, -0.05) is 0 Å². The molecular formula is C18H17F2N3O2. The number of carbonyl (C=O) groups excluding carboxylic acids is 2. The zero-order valence-electron chi connectivity index (χ0n) is 13.4. The SMILES string of the molecule is O=C(Nc1ccc(F)cc1)C1CCN(C(=O)c2ccc(F)cn2)CC1. The average molecular weight is 345 g/mol. The number of benzene rings is 1. The number of likely N-dealkylation sites (tertiary alicyclic amines) is 1. The summed E-state index contributed by atoms with van der Waals surface area (Å²) in [5, 5.41) is 2.76. The summed E-state index contributed by atoms with van der Waals surface area (Å²) in [5.41, 5.74) is 0.732. The molecule has 1 N–H and O–H groups in total. The van der Waals surface area contributed by atoms with Gasteiger partial charge in [-0.15, -0.1) is 0 Å². The minimum atomic E-state index is -0.493. The summed E-state index contributed by atoms with van der Waals surface area (Å²) in [5.74, 6) is -1.47. The van der Waals surface area contributed by atoms with Gasteiger partial charge in [0.25, 0.3) is 5.91 Å². The van der Waals surface area contributed by atoms with Gasteiger partial charge in [0.15, 0.2) is 0 Å². The van der Waals surface area contributed by atoms with Crippen LogP contribution in [-0.4, -0.2) is 34.8 Å². The van der Waals surface area contributed by atoms with Crippen molar-refractivity contribution in [2.24, 2.45) is 5.92 Å². The molecule has 0 unspecified atom stereocenters. The fourth-order valence-corrected chi connectivity index (χ4v) is 2.79. The van der Waals surface area contributed by atoms with E-state index in [9.17, 15) is 18.4 Å². The van der Waals surface area contributed by atoms with Crippen LogP contribution in [0.2, 0.25) is 0 Å². The molecule has 2 aromatic rings. The number of amides is 2. The van der Waals surface area contributed by atoms with Gasteiger partial charge in [-0.3, -0.25) is 9.59 Å². The Kier molecular flexibility index (Phi) is 5.02. The third-order valence-electron chi connectivity index (χ3n) is 4.21. The van der Waals surface area contributed by atoms with E-state index in [1.54, 1.807) is 4.90 Å². The van der Waals surface area contributed by atoms with Crippen molar-refractivity contribution in [2.45, 2.75) is 12.8 Å². The normalized spacial score (nSPS) is 15.0. The van der Waals surface area contributed by atoms with E-state index in [0.717, 1.165) is 6.20 Å². The van der Waals surface area contributed by atoms with Crippen molar-refractivity contribution in [3.05, 3.63) is 59.9 Å².